The molecule has 1 N–H and O–H groups in total. The third kappa shape index (κ3) is 3.86. The summed E-state index contributed by atoms with van der Waals surface area (Å²) >= 11 is 6.11. The van der Waals surface area contributed by atoms with E-state index in [1.165, 1.54) is 4.90 Å². The minimum atomic E-state index is -0.956. The molecule has 1 amide bonds. The van der Waals surface area contributed by atoms with Gasteiger partial charge in [0.1, 0.15) is 5.76 Å². The van der Waals surface area contributed by atoms with Crippen LogP contribution in [-0.4, -0.2) is 35.1 Å². The maximum absolute atomic E-state index is 12.2. The number of nitrogens with zero attached hydrogens (tertiary/aromatic N) is 1. The molecule has 0 aliphatic rings. The molecule has 0 unspecified atom stereocenters. The van der Waals surface area contributed by atoms with Crippen LogP contribution in [0.5, 0.6) is 0 Å². The van der Waals surface area contributed by atoms with E-state index in [1.807, 2.05) is 18.2 Å². The van der Waals surface area contributed by atoms with Crippen molar-refractivity contribution in [3.8, 4) is 11.3 Å². The second kappa shape index (κ2) is 5.92. The van der Waals surface area contributed by atoms with Gasteiger partial charge in [0.25, 0.3) is 5.91 Å². The minimum absolute atomic E-state index is 0.216. The zero-order valence-electron chi connectivity index (χ0n) is 12.3. The van der Waals surface area contributed by atoms with Crippen LogP contribution >= 0.6 is 11.6 Å². The summed E-state index contributed by atoms with van der Waals surface area (Å²) in [6, 6.07) is 10.6. The van der Waals surface area contributed by atoms with Crippen LogP contribution in [0.1, 0.15) is 24.4 Å². The molecule has 2 aromatic rings. The highest BCUT2D eigenvalue weighted by Gasteiger charge is 2.22. The van der Waals surface area contributed by atoms with Crippen molar-refractivity contribution < 1.29 is 14.3 Å². The van der Waals surface area contributed by atoms with Crippen LogP contribution in [0.2, 0.25) is 5.02 Å². The Labute approximate surface area is 128 Å². The molecule has 0 spiro atoms. The molecule has 0 radical (unpaired) electrons. The van der Waals surface area contributed by atoms with E-state index in [4.69, 9.17) is 16.0 Å². The zero-order chi connectivity index (χ0) is 15.6. The first-order valence-electron chi connectivity index (χ1n) is 6.60. The predicted molar refractivity (Wildman–Crippen MR) is 82.4 cm³/mol. The molecule has 0 aliphatic carbocycles. The summed E-state index contributed by atoms with van der Waals surface area (Å²) in [5.41, 5.74) is -0.217. The summed E-state index contributed by atoms with van der Waals surface area (Å²) in [4.78, 5) is 13.7. The molecule has 0 atom stereocenters. The topological polar surface area (TPSA) is 53.7 Å². The van der Waals surface area contributed by atoms with Gasteiger partial charge in [0, 0.05) is 19.2 Å². The Morgan fingerprint density at radius 2 is 1.95 bits per heavy atom. The average molecular weight is 308 g/mol. The third-order valence-corrected chi connectivity index (χ3v) is 3.26. The van der Waals surface area contributed by atoms with Crippen molar-refractivity contribution in [2.45, 2.75) is 19.4 Å². The Balaban J connectivity index is 2.20. The molecule has 21 heavy (non-hydrogen) atoms. The lowest BCUT2D eigenvalue weighted by molar-refractivity contribution is 0.0352. The summed E-state index contributed by atoms with van der Waals surface area (Å²) in [5.74, 6) is 0.479. The minimum Gasteiger partial charge on any atom is -0.451 e. The molecular formula is C16H18ClNO3. The average Bonchev–Trinajstić information content (AvgIpc) is 2.85. The van der Waals surface area contributed by atoms with Crippen molar-refractivity contribution in [2.24, 2.45) is 0 Å². The van der Waals surface area contributed by atoms with Gasteiger partial charge < -0.3 is 14.4 Å². The van der Waals surface area contributed by atoms with Gasteiger partial charge in [-0.15, -0.1) is 0 Å². The lowest BCUT2D eigenvalue weighted by Crippen LogP contribution is -2.39. The number of furan rings is 1. The van der Waals surface area contributed by atoms with E-state index >= 15 is 0 Å². The first-order chi connectivity index (χ1) is 9.78. The Bertz CT molecular complexity index is 643. The number of rotatable bonds is 4. The van der Waals surface area contributed by atoms with Crippen molar-refractivity contribution in [3.05, 3.63) is 47.2 Å². The van der Waals surface area contributed by atoms with Gasteiger partial charge in [0.05, 0.1) is 10.6 Å². The van der Waals surface area contributed by atoms with E-state index in [9.17, 15) is 9.90 Å². The van der Waals surface area contributed by atoms with Crippen molar-refractivity contribution in [2.75, 3.05) is 13.6 Å². The molecule has 1 heterocycles. The van der Waals surface area contributed by atoms with E-state index < -0.39 is 5.60 Å². The Morgan fingerprint density at radius 3 is 2.57 bits per heavy atom. The number of halogens is 1. The second-order valence-corrected chi connectivity index (χ2v) is 6.02. The number of hydrogen-bond donors (Lipinski definition) is 1. The number of aliphatic hydroxyl groups is 1. The fourth-order valence-corrected chi connectivity index (χ4v) is 2.33. The molecule has 0 bridgehead atoms. The van der Waals surface area contributed by atoms with Crippen LogP contribution in [-0.2, 0) is 0 Å². The van der Waals surface area contributed by atoms with E-state index in [1.54, 1.807) is 39.1 Å². The Kier molecular flexibility index (Phi) is 4.40. The maximum Gasteiger partial charge on any atom is 0.289 e. The highest BCUT2D eigenvalue weighted by atomic mass is 35.5. The molecule has 4 nitrogen and oxygen atoms in total. The fourth-order valence-electron chi connectivity index (χ4n) is 2.10. The van der Waals surface area contributed by atoms with Gasteiger partial charge in [-0.05, 0) is 38.1 Å². The van der Waals surface area contributed by atoms with Crippen LogP contribution in [0, 0.1) is 0 Å². The summed E-state index contributed by atoms with van der Waals surface area (Å²) < 4.78 is 5.59. The second-order valence-electron chi connectivity index (χ2n) is 5.62. The molecule has 1 aromatic carbocycles. The van der Waals surface area contributed by atoms with E-state index in [2.05, 4.69) is 0 Å². The smallest absolute Gasteiger partial charge is 0.289 e. The molecule has 2 rings (SSSR count). The van der Waals surface area contributed by atoms with Crippen molar-refractivity contribution in [1.29, 1.82) is 0 Å². The summed E-state index contributed by atoms with van der Waals surface area (Å²) in [7, 11) is 1.62. The van der Waals surface area contributed by atoms with Gasteiger partial charge in [-0.1, -0.05) is 23.7 Å². The van der Waals surface area contributed by atoms with Gasteiger partial charge in [0.15, 0.2) is 5.76 Å². The molecule has 0 saturated carbocycles. The summed E-state index contributed by atoms with van der Waals surface area (Å²) in [6.07, 6.45) is 0. The fraction of sp³-hybridized carbons (Fsp3) is 0.312. The van der Waals surface area contributed by atoms with Crippen LogP contribution < -0.4 is 0 Å². The van der Waals surface area contributed by atoms with Gasteiger partial charge in [0.2, 0.25) is 0 Å². The quantitative estimate of drug-likeness (QED) is 0.941. The van der Waals surface area contributed by atoms with Crippen LogP contribution in [0.15, 0.2) is 40.8 Å². The van der Waals surface area contributed by atoms with Crippen molar-refractivity contribution >= 4 is 17.5 Å². The number of likely N-dealkylation sites (N-methyl/N-ethyl adjacent to an activating group) is 1. The molecule has 0 fully saturated rings. The maximum atomic E-state index is 12.2. The number of carbonyl (C=O) groups is 1. The molecule has 5 heteroatoms. The molecule has 0 saturated heterocycles. The van der Waals surface area contributed by atoms with Crippen LogP contribution in [0.3, 0.4) is 0 Å². The molecule has 112 valence electrons. The van der Waals surface area contributed by atoms with Gasteiger partial charge in [-0.2, -0.15) is 0 Å². The normalized spacial score (nSPS) is 11.5. The predicted octanol–water partition coefficient (Wildman–Crippen LogP) is 3.44. The molecule has 0 aliphatic heterocycles. The summed E-state index contributed by atoms with van der Waals surface area (Å²) in [6.45, 7) is 3.51. The first kappa shape index (κ1) is 15.6. The highest BCUT2D eigenvalue weighted by molar-refractivity contribution is 6.33. The lowest BCUT2D eigenvalue weighted by atomic mass is 10.1. The standard InChI is InChI=1S/C16H18ClNO3/c1-16(2,20)10-18(3)15(19)14-9-8-13(21-14)11-6-4-5-7-12(11)17/h4-9,20H,10H2,1-3H3. The Morgan fingerprint density at radius 1 is 1.29 bits per heavy atom. The SMILES string of the molecule is CN(CC(C)(C)O)C(=O)c1ccc(-c2ccccc2Cl)o1. The third-order valence-electron chi connectivity index (χ3n) is 2.93. The monoisotopic (exact) mass is 307 g/mol. The number of benzene rings is 1. The van der Waals surface area contributed by atoms with Crippen molar-refractivity contribution in [1.82, 2.24) is 4.90 Å². The first-order valence-corrected chi connectivity index (χ1v) is 6.98. The Hall–Kier alpha value is -1.78. The number of hydrogen-bond acceptors (Lipinski definition) is 3. The lowest BCUT2D eigenvalue weighted by Gasteiger charge is -2.24. The van der Waals surface area contributed by atoms with Crippen molar-refractivity contribution in [3.63, 3.8) is 0 Å². The molecule has 1 aromatic heterocycles. The number of carbonyl (C=O) groups excluding carboxylic acids is 1. The van der Waals surface area contributed by atoms with E-state index in [-0.39, 0.29) is 18.2 Å². The van der Waals surface area contributed by atoms with Gasteiger partial charge >= 0.3 is 0 Å². The molecular weight excluding hydrogens is 290 g/mol. The number of amides is 1. The largest absolute Gasteiger partial charge is 0.451 e. The van der Waals surface area contributed by atoms with Crippen LogP contribution in [0.4, 0.5) is 0 Å². The van der Waals surface area contributed by atoms with E-state index in [0.717, 1.165) is 5.56 Å². The van der Waals surface area contributed by atoms with Gasteiger partial charge in [-0.25, -0.2) is 0 Å². The summed E-state index contributed by atoms with van der Waals surface area (Å²) in [5, 5.41) is 10.3. The van der Waals surface area contributed by atoms with Gasteiger partial charge in [-0.3, -0.25) is 4.79 Å². The van der Waals surface area contributed by atoms with E-state index in [0.29, 0.717) is 10.8 Å². The zero-order valence-corrected chi connectivity index (χ0v) is 13.0. The van der Waals surface area contributed by atoms with Crippen LogP contribution in [0.25, 0.3) is 11.3 Å². The highest BCUT2D eigenvalue weighted by Crippen LogP contribution is 2.29.